The molecule has 1 heterocycles. The molecule has 4 N–H and O–H groups in total. The lowest BCUT2D eigenvalue weighted by Crippen LogP contribution is -2.45. The van der Waals surface area contributed by atoms with Crippen LogP contribution in [-0.2, 0) is 6.54 Å². The van der Waals surface area contributed by atoms with Crippen LogP contribution in [0.4, 0.5) is 35.5 Å². The summed E-state index contributed by atoms with van der Waals surface area (Å²) >= 11 is 3.30. The van der Waals surface area contributed by atoms with Gasteiger partial charge >= 0.3 is 18.3 Å². The monoisotopic (exact) mass is 711 g/mol. The molecular formula is C30H37BrF3N7O5. The third-order valence-electron chi connectivity index (χ3n) is 6.24. The number of nitrogens with zero attached hydrogens (tertiary/aromatic N) is 4. The fourth-order valence-electron chi connectivity index (χ4n) is 3.99. The topological polar surface area (TPSA) is 151 Å². The number of amides is 2. The molecular weight excluding hydrogens is 675 g/mol. The zero-order valence-electron chi connectivity index (χ0n) is 25.7. The van der Waals surface area contributed by atoms with E-state index in [0.29, 0.717) is 54.9 Å². The van der Waals surface area contributed by atoms with Crippen LogP contribution in [0.2, 0.25) is 0 Å². The minimum atomic E-state index is -4.59. The van der Waals surface area contributed by atoms with Crippen LogP contribution in [0, 0.1) is 0 Å². The smallest absolute Gasteiger partial charge is 0.422 e. The minimum Gasteiger partial charge on any atom is -0.493 e. The van der Waals surface area contributed by atoms with Gasteiger partial charge in [-0.25, -0.2) is 4.79 Å². The molecule has 0 unspecified atom stereocenters. The van der Waals surface area contributed by atoms with Crippen molar-refractivity contribution < 1.29 is 37.3 Å². The summed E-state index contributed by atoms with van der Waals surface area (Å²) in [5, 5.41) is 18.7. The molecule has 0 radical (unpaired) electrons. The zero-order chi connectivity index (χ0) is 33.7. The highest BCUT2D eigenvalue weighted by atomic mass is 79.9. The van der Waals surface area contributed by atoms with Crippen molar-refractivity contribution in [3.63, 3.8) is 0 Å². The lowest BCUT2D eigenvalue weighted by Gasteiger charge is -2.33. The third kappa shape index (κ3) is 12.6. The lowest BCUT2D eigenvalue weighted by atomic mass is 10.1. The fraction of sp³-hybridized carbons (Fsp3) is 0.433. The van der Waals surface area contributed by atoms with Crippen LogP contribution in [0.15, 0.2) is 48.5 Å². The summed E-state index contributed by atoms with van der Waals surface area (Å²) in [5.74, 6) is 0.298. The van der Waals surface area contributed by atoms with Crippen molar-refractivity contribution in [3.05, 3.63) is 59.7 Å². The molecule has 0 aliphatic carbocycles. The van der Waals surface area contributed by atoms with Crippen molar-refractivity contribution in [2.24, 2.45) is 0 Å². The average molecular weight is 713 g/mol. The van der Waals surface area contributed by atoms with Gasteiger partial charge in [0, 0.05) is 41.8 Å². The number of unbranched alkanes of at least 4 members (excludes halogenated alkanes) is 1. The van der Waals surface area contributed by atoms with E-state index in [2.05, 4.69) is 46.8 Å². The largest absolute Gasteiger partial charge is 0.493 e. The summed E-state index contributed by atoms with van der Waals surface area (Å²) in [6, 6.07) is 13.0. The van der Waals surface area contributed by atoms with Crippen LogP contribution in [0.3, 0.4) is 0 Å². The van der Waals surface area contributed by atoms with E-state index >= 15 is 0 Å². The Labute approximate surface area is 273 Å². The van der Waals surface area contributed by atoms with Crippen molar-refractivity contribution in [2.75, 3.05) is 42.3 Å². The van der Waals surface area contributed by atoms with Crippen LogP contribution in [0.5, 0.6) is 11.8 Å². The third-order valence-corrected chi connectivity index (χ3v) is 6.56. The molecule has 1 aromatic heterocycles. The summed E-state index contributed by atoms with van der Waals surface area (Å²) in [4.78, 5) is 37.5. The van der Waals surface area contributed by atoms with Crippen molar-refractivity contribution in [1.29, 1.82) is 0 Å². The molecule has 0 spiro atoms. The molecule has 0 fully saturated rings. The molecule has 3 rings (SSSR count). The first-order valence-electron chi connectivity index (χ1n) is 14.4. The van der Waals surface area contributed by atoms with E-state index in [9.17, 15) is 27.9 Å². The number of hydrogen-bond acceptors (Lipinski definition) is 9. The number of rotatable bonds is 16. The van der Waals surface area contributed by atoms with Crippen LogP contribution in [0.25, 0.3) is 0 Å². The number of aromatic nitrogens is 3. The summed E-state index contributed by atoms with van der Waals surface area (Å²) in [7, 11) is 0. The lowest BCUT2D eigenvalue weighted by molar-refractivity contribution is -0.154. The van der Waals surface area contributed by atoms with Gasteiger partial charge in [0.1, 0.15) is 5.75 Å². The molecule has 0 aliphatic heterocycles. The second-order valence-electron chi connectivity index (χ2n) is 11.0. The molecule has 0 bridgehead atoms. The number of ether oxygens (including phenoxy) is 2. The van der Waals surface area contributed by atoms with Gasteiger partial charge in [0.25, 0.3) is 5.91 Å². The highest BCUT2D eigenvalue weighted by Crippen LogP contribution is 2.21. The van der Waals surface area contributed by atoms with Crippen LogP contribution in [-0.4, -0.2) is 80.3 Å². The SMILES string of the molecule is CC(C)(C)N(CCCCNC(=O)c1ccc(Nc2nc(NCc3ccc(OCCBr)cc3)nc(OCC(F)(F)F)n2)cc1)C(=O)O. The van der Waals surface area contributed by atoms with Gasteiger partial charge in [0.2, 0.25) is 11.9 Å². The number of halogens is 4. The normalized spacial score (nSPS) is 11.5. The number of benzene rings is 2. The molecule has 0 saturated carbocycles. The molecule has 3 aromatic rings. The number of alkyl halides is 4. The minimum absolute atomic E-state index is 0.0146. The predicted octanol–water partition coefficient (Wildman–Crippen LogP) is 6.23. The van der Waals surface area contributed by atoms with E-state index in [0.717, 1.165) is 5.56 Å². The van der Waals surface area contributed by atoms with Crippen LogP contribution < -0.4 is 25.4 Å². The predicted molar refractivity (Wildman–Crippen MR) is 170 cm³/mol. The Balaban J connectivity index is 1.59. The van der Waals surface area contributed by atoms with Crippen LogP contribution in [0.1, 0.15) is 49.5 Å². The molecule has 12 nitrogen and oxygen atoms in total. The van der Waals surface area contributed by atoms with Gasteiger partial charge in [-0.05, 0) is 75.6 Å². The Morgan fingerprint density at radius 2 is 1.61 bits per heavy atom. The van der Waals surface area contributed by atoms with Crippen LogP contribution >= 0.6 is 15.9 Å². The second-order valence-corrected chi connectivity index (χ2v) is 11.8. The van der Waals surface area contributed by atoms with Crippen molar-refractivity contribution in [3.8, 4) is 11.8 Å². The van der Waals surface area contributed by atoms with Crippen molar-refractivity contribution >= 4 is 45.5 Å². The van der Waals surface area contributed by atoms with Gasteiger partial charge < -0.3 is 35.4 Å². The molecule has 250 valence electrons. The zero-order valence-corrected chi connectivity index (χ0v) is 27.2. The second kappa shape index (κ2) is 16.8. The quantitative estimate of drug-likeness (QED) is 0.0994. The van der Waals surface area contributed by atoms with E-state index in [1.54, 1.807) is 36.4 Å². The Hall–Kier alpha value is -4.34. The van der Waals surface area contributed by atoms with Gasteiger partial charge in [-0.3, -0.25) is 4.79 Å². The molecule has 0 saturated heterocycles. The van der Waals surface area contributed by atoms with Crippen molar-refractivity contribution in [2.45, 2.75) is 51.9 Å². The van der Waals surface area contributed by atoms with E-state index in [4.69, 9.17) is 9.47 Å². The van der Waals surface area contributed by atoms with E-state index < -0.39 is 30.4 Å². The number of carbonyl (C=O) groups excluding carboxylic acids is 1. The number of hydrogen-bond donors (Lipinski definition) is 4. The van der Waals surface area contributed by atoms with Gasteiger partial charge in [-0.2, -0.15) is 28.1 Å². The number of carboxylic acid groups (broad SMARTS) is 1. The average Bonchev–Trinajstić information content (AvgIpc) is 2.99. The van der Waals surface area contributed by atoms with Gasteiger partial charge in [-0.1, -0.05) is 28.1 Å². The molecule has 0 atom stereocenters. The maximum atomic E-state index is 12.8. The molecule has 2 amide bonds. The molecule has 0 aliphatic rings. The summed E-state index contributed by atoms with van der Waals surface area (Å²) < 4.78 is 48.7. The molecule has 46 heavy (non-hydrogen) atoms. The molecule has 16 heteroatoms. The standard InChI is InChI=1S/C30H37BrF3N7O5/c1-29(2,3)41(28(43)44)16-5-4-15-35-24(42)21-8-10-22(11-9-21)37-26-38-25(39-27(40-26)46-19-30(32,33)34)36-18-20-6-12-23(13-7-20)45-17-14-31/h6-13H,4-5,14-19H2,1-3H3,(H,35,42)(H,43,44)(H2,36,37,38,39,40). The first kappa shape index (κ1) is 36.1. The van der Waals surface area contributed by atoms with E-state index in [1.807, 2.05) is 32.9 Å². The number of carbonyl (C=O) groups is 2. The highest BCUT2D eigenvalue weighted by molar-refractivity contribution is 9.09. The molecule has 2 aromatic carbocycles. The Morgan fingerprint density at radius 1 is 0.935 bits per heavy atom. The van der Waals surface area contributed by atoms with Gasteiger partial charge in [0.15, 0.2) is 6.61 Å². The van der Waals surface area contributed by atoms with Crippen molar-refractivity contribution in [1.82, 2.24) is 25.2 Å². The summed E-state index contributed by atoms with van der Waals surface area (Å²) in [6.45, 7) is 5.39. The van der Waals surface area contributed by atoms with E-state index in [-0.39, 0.29) is 24.3 Å². The first-order chi connectivity index (χ1) is 21.7. The Morgan fingerprint density at radius 3 is 2.22 bits per heavy atom. The maximum absolute atomic E-state index is 12.8. The number of anilines is 3. The first-order valence-corrected chi connectivity index (χ1v) is 15.5. The van der Waals surface area contributed by atoms with E-state index in [1.165, 1.54) is 4.90 Å². The van der Waals surface area contributed by atoms with Gasteiger partial charge in [-0.15, -0.1) is 0 Å². The summed E-state index contributed by atoms with van der Waals surface area (Å²) in [5.41, 5.74) is 1.17. The fourth-order valence-corrected chi connectivity index (χ4v) is 4.16. The number of nitrogens with one attached hydrogen (secondary N) is 3. The van der Waals surface area contributed by atoms with Gasteiger partial charge in [0.05, 0.1) is 6.61 Å². The Kier molecular flexibility index (Phi) is 13.2. The highest BCUT2D eigenvalue weighted by Gasteiger charge is 2.29. The maximum Gasteiger partial charge on any atom is 0.422 e. The Bertz CT molecular complexity index is 1420. The summed E-state index contributed by atoms with van der Waals surface area (Å²) in [6.07, 6.45) is -4.40.